The predicted molar refractivity (Wildman–Crippen MR) is 170 cm³/mol. The Balaban J connectivity index is 0.00000882. The van der Waals surface area contributed by atoms with Crippen LogP contribution in [0.3, 0.4) is 0 Å². The van der Waals surface area contributed by atoms with Crippen LogP contribution in [0.25, 0.3) is 12.2 Å². The summed E-state index contributed by atoms with van der Waals surface area (Å²) in [4.78, 5) is 50.7. The van der Waals surface area contributed by atoms with Crippen molar-refractivity contribution in [3.63, 3.8) is 0 Å². The molecule has 6 N–H and O–H groups in total. The van der Waals surface area contributed by atoms with Crippen LogP contribution in [0.2, 0.25) is 0 Å². The number of phenolic OH excluding ortho intramolecular Hbond substituents is 2. The summed E-state index contributed by atoms with van der Waals surface area (Å²) < 4.78 is 10.7. The summed E-state index contributed by atoms with van der Waals surface area (Å²) in [6.07, 6.45) is 3.34. The molecule has 0 bridgehead atoms. The summed E-state index contributed by atoms with van der Waals surface area (Å²) in [6, 6.07) is 6.71. The molecule has 0 radical (unpaired) electrons. The lowest BCUT2D eigenvalue weighted by atomic mass is 9.90. The molecule has 0 spiro atoms. The molecule has 0 amide bonds. The van der Waals surface area contributed by atoms with Gasteiger partial charge in [0.1, 0.15) is 0 Å². The molecule has 0 aliphatic carbocycles. The number of ether oxygens (including phenoxy) is 2. The van der Waals surface area contributed by atoms with E-state index < -0.39 is 47.7 Å². The SMILES string of the molecule is COc1cc(/C=C/C(=O)CC(=O)/C=C/c2ccc(O)c(OC(C(=O)[C@@H](N)C(C)C)C(=O)[C@@H](N)C(C)C)c2)ccc1O.Cl.Cl. The molecule has 0 saturated carbocycles. The first kappa shape index (κ1) is 39.3. The van der Waals surface area contributed by atoms with E-state index in [2.05, 4.69) is 0 Å². The maximum atomic E-state index is 13.0. The fourth-order valence-electron chi connectivity index (χ4n) is 3.58. The summed E-state index contributed by atoms with van der Waals surface area (Å²) in [5.41, 5.74) is 13.0. The van der Waals surface area contributed by atoms with Crippen molar-refractivity contribution in [1.29, 1.82) is 0 Å². The molecule has 0 fully saturated rings. The summed E-state index contributed by atoms with van der Waals surface area (Å²) >= 11 is 0. The van der Waals surface area contributed by atoms with E-state index in [9.17, 15) is 29.4 Å². The van der Waals surface area contributed by atoms with Crippen LogP contribution in [0.15, 0.2) is 48.6 Å². The average Bonchev–Trinajstić information content (AvgIpc) is 2.93. The number of hydrogen-bond donors (Lipinski definition) is 4. The second-order valence-electron chi connectivity index (χ2n) is 10.3. The number of allylic oxidation sites excluding steroid dienone is 2. The molecule has 43 heavy (non-hydrogen) atoms. The number of aromatic hydroxyl groups is 2. The quantitative estimate of drug-likeness (QED) is 0.164. The van der Waals surface area contributed by atoms with Gasteiger partial charge in [0.05, 0.1) is 25.6 Å². The third kappa shape index (κ3) is 11.5. The van der Waals surface area contributed by atoms with Crippen LogP contribution in [0.1, 0.15) is 45.2 Å². The lowest BCUT2D eigenvalue weighted by molar-refractivity contribution is -0.139. The van der Waals surface area contributed by atoms with Gasteiger partial charge in [-0.15, -0.1) is 24.8 Å². The van der Waals surface area contributed by atoms with Gasteiger partial charge in [-0.3, -0.25) is 19.2 Å². The van der Waals surface area contributed by atoms with Crippen molar-refractivity contribution < 1.29 is 38.9 Å². The van der Waals surface area contributed by atoms with E-state index in [-0.39, 0.29) is 59.6 Å². The lowest BCUT2D eigenvalue weighted by Gasteiger charge is -2.26. The van der Waals surface area contributed by atoms with Crippen LogP contribution in [-0.2, 0) is 19.2 Å². The lowest BCUT2D eigenvalue weighted by Crippen LogP contribution is -2.53. The van der Waals surface area contributed by atoms with Gasteiger partial charge in [0, 0.05) is 0 Å². The summed E-state index contributed by atoms with van der Waals surface area (Å²) in [7, 11) is 1.41. The minimum absolute atomic E-state index is 0. The van der Waals surface area contributed by atoms with Crippen LogP contribution >= 0.6 is 24.8 Å². The number of halogens is 2. The second-order valence-corrected chi connectivity index (χ2v) is 10.3. The van der Waals surface area contributed by atoms with E-state index in [0.29, 0.717) is 11.1 Å². The Labute approximate surface area is 263 Å². The Bertz CT molecular complexity index is 1320. The number of rotatable bonds is 15. The molecule has 2 aromatic carbocycles. The number of benzene rings is 2. The maximum absolute atomic E-state index is 13.0. The molecule has 2 aromatic rings. The van der Waals surface area contributed by atoms with E-state index in [0.717, 1.165) is 0 Å². The molecule has 2 rings (SSSR count). The number of methoxy groups -OCH3 is 1. The van der Waals surface area contributed by atoms with Crippen LogP contribution in [0.4, 0.5) is 0 Å². The second kappa shape index (κ2) is 18.1. The smallest absolute Gasteiger partial charge is 0.218 e. The van der Waals surface area contributed by atoms with E-state index in [1.807, 2.05) is 0 Å². The highest BCUT2D eigenvalue weighted by Crippen LogP contribution is 2.30. The zero-order valence-electron chi connectivity index (χ0n) is 24.7. The first-order valence-corrected chi connectivity index (χ1v) is 13.1. The molecule has 10 nitrogen and oxygen atoms in total. The number of phenols is 2. The van der Waals surface area contributed by atoms with Crippen molar-refractivity contribution in [2.75, 3.05) is 7.11 Å². The molecule has 0 aliphatic rings. The van der Waals surface area contributed by atoms with Crippen molar-refractivity contribution >= 4 is 60.1 Å². The standard InChI is InChI=1S/C31H38N2O8.2ClH/c1-17(2)27(32)29(38)31(30(39)28(33)18(3)4)41-26-15-20(9-13-24(26)37)7-11-22(35)16-21(34)10-6-19-8-12-23(36)25(14-19)40-5;;/h6-15,17-18,27-28,31,36-37H,16,32-33H2,1-5H3;2*1H/b10-6+,11-7+;;/t27-,28-;;/m0../s1. The topological polar surface area (TPSA) is 179 Å². The number of Topliss-reactive ketones (excluding diaryl/α,β-unsaturated/α-hetero) is 2. The minimum Gasteiger partial charge on any atom is -0.504 e. The van der Waals surface area contributed by atoms with Gasteiger partial charge in [0.25, 0.3) is 0 Å². The Morgan fingerprint density at radius 1 is 0.744 bits per heavy atom. The molecule has 12 heteroatoms. The highest BCUT2D eigenvalue weighted by atomic mass is 35.5. The van der Waals surface area contributed by atoms with E-state index in [4.69, 9.17) is 20.9 Å². The molecular weight excluding hydrogens is 599 g/mol. The maximum Gasteiger partial charge on any atom is 0.218 e. The first-order chi connectivity index (χ1) is 19.2. The first-order valence-electron chi connectivity index (χ1n) is 13.1. The van der Waals surface area contributed by atoms with Gasteiger partial charge in [-0.1, -0.05) is 52.0 Å². The van der Waals surface area contributed by atoms with Gasteiger partial charge < -0.3 is 31.2 Å². The number of carbonyl (C=O) groups excluding carboxylic acids is 4. The van der Waals surface area contributed by atoms with Crippen molar-refractivity contribution in [3.8, 4) is 23.0 Å². The van der Waals surface area contributed by atoms with Crippen molar-refractivity contribution in [2.45, 2.75) is 52.3 Å². The fourth-order valence-corrected chi connectivity index (χ4v) is 3.58. The molecular formula is C31H40Cl2N2O8. The van der Waals surface area contributed by atoms with Gasteiger partial charge in [0.15, 0.2) is 46.1 Å². The molecule has 0 unspecified atom stereocenters. The largest absolute Gasteiger partial charge is 0.504 e. The number of ketones is 4. The monoisotopic (exact) mass is 638 g/mol. The van der Waals surface area contributed by atoms with Crippen LogP contribution in [0, 0.1) is 11.8 Å². The molecule has 236 valence electrons. The number of hydrogen-bond acceptors (Lipinski definition) is 10. The fraction of sp³-hybridized carbons (Fsp3) is 0.355. The number of nitrogens with two attached hydrogens (primary N) is 2. The van der Waals surface area contributed by atoms with Crippen LogP contribution in [0.5, 0.6) is 23.0 Å². The minimum atomic E-state index is -1.63. The van der Waals surface area contributed by atoms with Crippen LogP contribution in [-0.4, -0.2) is 58.6 Å². The Morgan fingerprint density at radius 3 is 1.53 bits per heavy atom. The van der Waals surface area contributed by atoms with Gasteiger partial charge in [-0.2, -0.15) is 0 Å². The third-order valence-electron chi connectivity index (χ3n) is 6.31. The van der Waals surface area contributed by atoms with E-state index >= 15 is 0 Å². The summed E-state index contributed by atoms with van der Waals surface area (Å²) in [6.45, 7) is 6.93. The summed E-state index contributed by atoms with van der Waals surface area (Å²) in [5, 5.41) is 20.0. The molecule has 0 heterocycles. The van der Waals surface area contributed by atoms with Crippen molar-refractivity contribution in [3.05, 3.63) is 59.7 Å². The van der Waals surface area contributed by atoms with Gasteiger partial charge >= 0.3 is 0 Å². The zero-order valence-corrected chi connectivity index (χ0v) is 26.3. The van der Waals surface area contributed by atoms with Crippen LogP contribution < -0.4 is 20.9 Å². The van der Waals surface area contributed by atoms with Gasteiger partial charge in [0.2, 0.25) is 6.10 Å². The van der Waals surface area contributed by atoms with E-state index in [1.54, 1.807) is 39.8 Å². The Hall–Kier alpha value is -3.70. The average molecular weight is 640 g/mol. The Kier molecular flexibility index (Phi) is 16.5. The molecule has 0 saturated heterocycles. The zero-order chi connectivity index (χ0) is 30.9. The van der Waals surface area contributed by atoms with Gasteiger partial charge in [-0.05, 0) is 59.4 Å². The normalized spacial score (nSPS) is 12.6. The highest BCUT2D eigenvalue weighted by molar-refractivity contribution is 6.11. The van der Waals surface area contributed by atoms with Crippen molar-refractivity contribution in [1.82, 2.24) is 0 Å². The molecule has 0 aromatic heterocycles. The predicted octanol–water partition coefficient (Wildman–Crippen LogP) is 4.06. The third-order valence-corrected chi connectivity index (χ3v) is 6.31. The molecule has 2 atom stereocenters. The number of carbonyl (C=O) groups is 4. The van der Waals surface area contributed by atoms with Crippen molar-refractivity contribution in [2.24, 2.45) is 23.3 Å². The highest BCUT2D eigenvalue weighted by Gasteiger charge is 2.37. The van der Waals surface area contributed by atoms with Gasteiger partial charge in [-0.25, -0.2) is 0 Å². The summed E-state index contributed by atoms with van der Waals surface area (Å²) in [5.74, 6) is -3.06. The molecule has 0 aliphatic heterocycles. The van der Waals surface area contributed by atoms with E-state index in [1.165, 1.54) is 55.7 Å². The Morgan fingerprint density at radius 2 is 1.14 bits per heavy atom.